The quantitative estimate of drug-likeness (QED) is 0.149. The van der Waals surface area contributed by atoms with Gasteiger partial charge in [-0.25, -0.2) is 0 Å². The molecule has 1 saturated heterocycles. The largest absolute Gasteiger partial charge is 0.480 e. The molecule has 3 aliphatic rings. The standard InChI is InChI=1S/C27H45N3O7/c1-4-6-8-21-20(7-5-2)22(21)18-37-26(35)28-12-9-23(31)30-14-13-29(16-24(32)33)19(15-30)17-36-25(34)27(3)10-11-27/h4,19-22,26,28,35H,1,5-18H2,2-3H3,(H,32,33)/t19?,20-,21+,22-,26?/m1/s1. The van der Waals surface area contributed by atoms with Crippen LogP contribution in [0.2, 0.25) is 0 Å². The third-order valence-electron chi connectivity index (χ3n) is 8.13. The summed E-state index contributed by atoms with van der Waals surface area (Å²) >= 11 is 0. The molecule has 10 nitrogen and oxygen atoms in total. The number of aliphatic hydroxyl groups excluding tert-OH is 1. The van der Waals surface area contributed by atoms with Crippen molar-refractivity contribution in [2.45, 2.75) is 71.2 Å². The number of aliphatic hydroxyl groups is 1. The minimum Gasteiger partial charge on any atom is -0.480 e. The zero-order chi connectivity index (χ0) is 27.0. The molecule has 2 aliphatic carbocycles. The van der Waals surface area contributed by atoms with Gasteiger partial charge in [0.2, 0.25) is 12.3 Å². The minimum atomic E-state index is -1.13. The fourth-order valence-corrected chi connectivity index (χ4v) is 5.39. The normalized spacial score (nSPS) is 27.4. The molecule has 210 valence electrons. The molecular weight excluding hydrogens is 478 g/mol. The van der Waals surface area contributed by atoms with Crippen molar-refractivity contribution in [2.75, 3.05) is 45.9 Å². The molecule has 3 N–H and O–H groups in total. The molecule has 1 amide bonds. The number of rotatable bonds is 17. The first kappa shape index (κ1) is 29.5. The summed E-state index contributed by atoms with van der Waals surface area (Å²) in [4.78, 5) is 39.8. The van der Waals surface area contributed by atoms with Crippen molar-refractivity contribution in [3.63, 3.8) is 0 Å². The number of hydrogen-bond acceptors (Lipinski definition) is 8. The van der Waals surface area contributed by atoms with Gasteiger partial charge in [-0.15, -0.1) is 6.58 Å². The van der Waals surface area contributed by atoms with E-state index in [-0.39, 0.29) is 44.0 Å². The number of allylic oxidation sites excluding steroid dienone is 1. The van der Waals surface area contributed by atoms with E-state index in [1.165, 1.54) is 6.42 Å². The molecule has 1 heterocycles. The van der Waals surface area contributed by atoms with Gasteiger partial charge in [-0.2, -0.15) is 0 Å². The number of carboxylic acids is 1. The Kier molecular flexibility index (Phi) is 10.9. The Hall–Kier alpha value is -2.01. The Balaban J connectivity index is 1.38. The second-order valence-electron chi connectivity index (χ2n) is 11.1. The van der Waals surface area contributed by atoms with E-state index in [1.54, 1.807) is 9.80 Å². The number of carbonyl (C=O) groups excluding carboxylic acids is 2. The molecule has 0 aromatic heterocycles. The van der Waals surface area contributed by atoms with Gasteiger partial charge in [0.1, 0.15) is 6.61 Å². The van der Waals surface area contributed by atoms with Gasteiger partial charge < -0.3 is 24.6 Å². The molecule has 3 rings (SSSR count). The van der Waals surface area contributed by atoms with E-state index in [2.05, 4.69) is 18.8 Å². The number of ether oxygens (including phenoxy) is 2. The zero-order valence-corrected chi connectivity index (χ0v) is 22.4. The lowest BCUT2D eigenvalue weighted by atomic mass is 10.1. The number of piperazine rings is 1. The zero-order valence-electron chi connectivity index (χ0n) is 22.4. The van der Waals surface area contributed by atoms with Gasteiger partial charge in [-0.05, 0) is 50.4 Å². The number of nitrogens with zero attached hydrogens (tertiary/aromatic N) is 2. The summed E-state index contributed by atoms with van der Waals surface area (Å²) in [6, 6.07) is -0.370. The Morgan fingerprint density at radius 1 is 1.16 bits per heavy atom. The van der Waals surface area contributed by atoms with Crippen molar-refractivity contribution < 1.29 is 34.1 Å². The molecule has 0 radical (unpaired) electrons. The highest BCUT2D eigenvalue weighted by Crippen LogP contribution is 2.52. The van der Waals surface area contributed by atoms with Gasteiger partial charge >= 0.3 is 11.9 Å². The third kappa shape index (κ3) is 8.77. The first-order valence-corrected chi connectivity index (χ1v) is 13.7. The molecule has 3 fully saturated rings. The molecular formula is C27H45N3O7. The highest BCUT2D eigenvalue weighted by Gasteiger charge is 2.48. The Morgan fingerprint density at radius 2 is 1.89 bits per heavy atom. The van der Waals surface area contributed by atoms with Crippen LogP contribution in [0.3, 0.4) is 0 Å². The summed E-state index contributed by atoms with van der Waals surface area (Å²) in [6.07, 6.45) is 7.03. The van der Waals surface area contributed by atoms with Crippen molar-refractivity contribution in [2.24, 2.45) is 23.2 Å². The molecule has 0 aromatic rings. The number of nitrogens with one attached hydrogen (secondary N) is 1. The molecule has 0 bridgehead atoms. The second kappa shape index (κ2) is 13.7. The van der Waals surface area contributed by atoms with Gasteiger partial charge in [-0.3, -0.25) is 24.6 Å². The van der Waals surface area contributed by atoms with Crippen LogP contribution in [0.25, 0.3) is 0 Å². The van der Waals surface area contributed by atoms with E-state index in [0.29, 0.717) is 44.0 Å². The number of carboxylic acid groups (broad SMARTS) is 1. The topological polar surface area (TPSA) is 129 Å². The van der Waals surface area contributed by atoms with Crippen molar-refractivity contribution in [3.05, 3.63) is 12.7 Å². The number of aliphatic carboxylic acids is 1. The predicted molar refractivity (Wildman–Crippen MR) is 137 cm³/mol. The Bertz CT molecular complexity index is 803. The Labute approximate surface area is 220 Å². The number of esters is 1. The van der Waals surface area contributed by atoms with E-state index in [9.17, 15) is 24.6 Å². The summed E-state index contributed by atoms with van der Waals surface area (Å²) in [5, 5.41) is 22.3. The van der Waals surface area contributed by atoms with Crippen molar-refractivity contribution in [1.82, 2.24) is 15.1 Å². The van der Waals surface area contributed by atoms with Crippen LogP contribution in [0.1, 0.15) is 58.8 Å². The van der Waals surface area contributed by atoms with E-state index in [1.807, 2.05) is 13.0 Å². The second-order valence-corrected chi connectivity index (χ2v) is 11.1. The predicted octanol–water partition coefficient (Wildman–Crippen LogP) is 1.83. The maximum atomic E-state index is 12.8. The van der Waals surface area contributed by atoms with Crippen LogP contribution in [0.4, 0.5) is 0 Å². The van der Waals surface area contributed by atoms with Gasteiger partial charge in [0, 0.05) is 32.6 Å². The minimum absolute atomic E-state index is 0.0598. The maximum absolute atomic E-state index is 12.8. The van der Waals surface area contributed by atoms with Gasteiger partial charge in [-0.1, -0.05) is 25.8 Å². The summed E-state index contributed by atoms with van der Waals surface area (Å²) in [5.74, 6) is 0.429. The monoisotopic (exact) mass is 523 g/mol. The number of amides is 1. The van der Waals surface area contributed by atoms with Crippen LogP contribution in [-0.4, -0.2) is 96.3 Å². The molecule has 5 atom stereocenters. The van der Waals surface area contributed by atoms with Crippen LogP contribution >= 0.6 is 0 Å². The number of hydrogen-bond donors (Lipinski definition) is 3. The molecule has 0 aromatic carbocycles. The lowest BCUT2D eigenvalue weighted by Crippen LogP contribution is -2.57. The summed E-state index contributed by atoms with van der Waals surface area (Å²) in [6.45, 7) is 9.59. The highest BCUT2D eigenvalue weighted by atomic mass is 16.6. The average Bonchev–Trinajstić information content (AvgIpc) is 3.77. The third-order valence-corrected chi connectivity index (χ3v) is 8.13. The van der Waals surface area contributed by atoms with Crippen LogP contribution < -0.4 is 5.32 Å². The molecule has 0 spiro atoms. The number of carbonyl (C=O) groups is 3. The molecule has 10 heteroatoms. The Morgan fingerprint density at radius 3 is 2.54 bits per heavy atom. The fraction of sp³-hybridized carbons (Fsp3) is 0.815. The van der Waals surface area contributed by atoms with Crippen LogP contribution in [0.5, 0.6) is 0 Å². The maximum Gasteiger partial charge on any atom is 0.317 e. The smallest absolute Gasteiger partial charge is 0.317 e. The first-order chi connectivity index (χ1) is 17.7. The van der Waals surface area contributed by atoms with E-state index < -0.39 is 17.8 Å². The van der Waals surface area contributed by atoms with Crippen molar-refractivity contribution in [1.29, 1.82) is 0 Å². The molecule has 37 heavy (non-hydrogen) atoms. The van der Waals surface area contributed by atoms with Crippen molar-refractivity contribution in [3.8, 4) is 0 Å². The molecule has 2 saturated carbocycles. The highest BCUT2D eigenvalue weighted by molar-refractivity contribution is 5.79. The summed E-state index contributed by atoms with van der Waals surface area (Å²) in [7, 11) is 0. The summed E-state index contributed by atoms with van der Waals surface area (Å²) < 4.78 is 11.1. The van der Waals surface area contributed by atoms with Crippen LogP contribution in [0, 0.1) is 23.2 Å². The van der Waals surface area contributed by atoms with Crippen molar-refractivity contribution >= 4 is 17.8 Å². The summed E-state index contributed by atoms with van der Waals surface area (Å²) in [5.41, 5.74) is -0.417. The van der Waals surface area contributed by atoms with E-state index >= 15 is 0 Å². The van der Waals surface area contributed by atoms with Gasteiger partial charge in [0.25, 0.3) is 0 Å². The first-order valence-electron chi connectivity index (χ1n) is 13.7. The van der Waals surface area contributed by atoms with Crippen LogP contribution in [-0.2, 0) is 23.9 Å². The van der Waals surface area contributed by atoms with Crippen LogP contribution in [0.15, 0.2) is 12.7 Å². The molecule has 1 aliphatic heterocycles. The van der Waals surface area contributed by atoms with E-state index in [0.717, 1.165) is 32.1 Å². The lowest BCUT2D eigenvalue weighted by molar-refractivity contribution is -0.153. The SMILES string of the molecule is C=CCC[C@H]1[C@@H](CCC)[C@H]1COC(O)NCCC(=O)N1CCN(CC(=O)O)C(COC(=O)C2(C)CC2)C1. The van der Waals surface area contributed by atoms with Gasteiger partial charge in [0.15, 0.2) is 0 Å². The fourth-order valence-electron chi connectivity index (χ4n) is 5.39. The average molecular weight is 524 g/mol. The lowest BCUT2D eigenvalue weighted by Gasteiger charge is -2.40. The molecule has 2 unspecified atom stereocenters. The van der Waals surface area contributed by atoms with E-state index in [4.69, 9.17) is 9.47 Å². The van der Waals surface area contributed by atoms with Gasteiger partial charge in [0.05, 0.1) is 24.6 Å².